The first-order valence-electron chi connectivity index (χ1n) is 8.17. The van der Waals surface area contributed by atoms with Crippen molar-refractivity contribution in [2.45, 2.75) is 13.2 Å². The van der Waals surface area contributed by atoms with E-state index in [1.807, 2.05) is 48.5 Å². The molecule has 0 saturated carbocycles. The van der Waals surface area contributed by atoms with E-state index in [4.69, 9.17) is 9.47 Å². The molecule has 0 radical (unpaired) electrons. The monoisotopic (exact) mass is 475 g/mol. The summed E-state index contributed by atoms with van der Waals surface area (Å²) in [6, 6.07) is 22.1. The zero-order chi connectivity index (χ0) is 18.4. The molecule has 1 N–H and O–H groups in total. The molecule has 0 aliphatic rings. The number of nitrogens with one attached hydrogen (secondary N) is 1. The fraction of sp³-hybridized carbons (Fsp3) is 0.143. The van der Waals surface area contributed by atoms with E-state index in [0.717, 1.165) is 37.3 Å². The van der Waals surface area contributed by atoms with Gasteiger partial charge in [-0.2, -0.15) is 0 Å². The molecule has 3 rings (SSSR count). The molecule has 0 aromatic heterocycles. The Morgan fingerprint density at radius 1 is 0.846 bits per heavy atom. The molecule has 5 heteroatoms. The molecule has 3 aromatic rings. The van der Waals surface area contributed by atoms with Crippen LogP contribution in [0.2, 0.25) is 0 Å². The zero-order valence-corrected chi connectivity index (χ0v) is 17.5. The summed E-state index contributed by atoms with van der Waals surface area (Å²) in [5, 5.41) is 3.42. The molecule has 26 heavy (non-hydrogen) atoms. The standard InChI is InChI=1S/C21H19Br2NO2/c1-25-20-9-7-19(8-10-20)24-13-16-12-18(23)6-11-21(16)26-14-15-2-4-17(22)5-3-15/h2-12,24H,13-14H2,1H3. The second-order valence-corrected chi connectivity index (χ2v) is 7.58. The quantitative estimate of drug-likeness (QED) is 0.427. The topological polar surface area (TPSA) is 30.5 Å². The van der Waals surface area contributed by atoms with Gasteiger partial charge in [0.15, 0.2) is 0 Å². The van der Waals surface area contributed by atoms with Gasteiger partial charge < -0.3 is 14.8 Å². The Bertz CT molecular complexity index is 849. The largest absolute Gasteiger partial charge is 0.497 e. The molecule has 0 atom stereocenters. The van der Waals surface area contributed by atoms with Crippen LogP contribution in [0.25, 0.3) is 0 Å². The average molecular weight is 477 g/mol. The lowest BCUT2D eigenvalue weighted by Gasteiger charge is -2.14. The summed E-state index contributed by atoms with van der Waals surface area (Å²) in [6.07, 6.45) is 0. The van der Waals surface area contributed by atoms with E-state index in [9.17, 15) is 0 Å². The van der Waals surface area contributed by atoms with E-state index in [0.29, 0.717) is 13.2 Å². The van der Waals surface area contributed by atoms with Crippen molar-refractivity contribution in [1.82, 2.24) is 0 Å². The molecule has 0 spiro atoms. The van der Waals surface area contributed by atoms with Crippen LogP contribution in [0.15, 0.2) is 75.7 Å². The highest BCUT2D eigenvalue weighted by atomic mass is 79.9. The smallest absolute Gasteiger partial charge is 0.124 e. The first-order valence-corrected chi connectivity index (χ1v) is 9.76. The molecule has 0 unspecified atom stereocenters. The van der Waals surface area contributed by atoms with Crippen molar-refractivity contribution in [1.29, 1.82) is 0 Å². The van der Waals surface area contributed by atoms with Crippen molar-refractivity contribution in [2.24, 2.45) is 0 Å². The van der Waals surface area contributed by atoms with Crippen LogP contribution in [0.4, 0.5) is 5.69 Å². The van der Waals surface area contributed by atoms with Gasteiger partial charge >= 0.3 is 0 Å². The SMILES string of the molecule is COc1ccc(NCc2cc(Br)ccc2OCc2ccc(Br)cc2)cc1. The molecule has 0 heterocycles. The maximum atomic E-state index is 6.05. The lowest BCUT2D eigenvalue weighted by molar-refractivity contribution is 0.303. The van der Waals surface area contributed by atoms with Crippen LogP contribution >= 0.6 is 31.9 Å². The summed E-state index contributed by atoms with van der Waals surface area (Å²) in [5.41, 5.74) is 3.25. The normalized spacial score (nSPS) is 10.4. The van der Waals surface area contributed by atoms with Gasteiger partial charge in [-0.25, -0.2) is 0 Å². The molecule has 0 bridgehead atoms. The van der Waals surface area contributed by atoms with E-state index in [1.165, 1.54) is 0 Å². The zero-order valence-electron chi connectivity index (χ0n) is 14.3. The average Bonchev–Trinajstić information content (AvgIpc) is 2.67. The number of halogens is 2. The number of methoxy groups -OCH3 is 1. The van der Waals surface area contributed by atoms with Crippen molar-refractivity contribution >= 4 is 37.5 Å². The van der Waals surface area contributed by atoms with Crippen LogP contribution in [0, 0.1) is 0 Å². The Labute approximate surface area is 170 Å². The third-order valence-electron chi connectivity index (χ3n) is 3.90. The van der Waals surface area contributed by atoms with Crippen LogP contribution in [0.5, 0.6) is 11.5 Å². The predicted molar refractivity (Wildman–Crippen MR) is 113 cm³/mol. The molecular formula is C21H19Br2NO2. The number of hydrogen-bond donors (Lipinski definition) is 1. The van der Waals surface area contributed by atoms with Gasteiger partial charge in [-0.1, -0.05) is 44.0 Å². The van der Waals surface area contributed by atoms with Gasteiger partial charge in [-0.3, -0.25) is 0 Å². The highest BCUT2D eigenvalue weighted by molar-refractivity contribution is 9.10. The molecule has 0 fully saturated rings. The highest BCUT2D eigenvalue weighted by Gasteiger charge is 2.06. The van der Waals surface area contributed by atoms with Gasteiger partial charge in [-0.05, 0) is 60.2 Å². The minimum absolute atomic E-state index is 0.532. The van der Waals surface area contributed by atoms with Crippen molar-refractivity contribution < 1.29 is 9.47 Å². The van der Waals surface area contributed by atoms with E-state index in [-0.39, 0.29) is 0 Å². The molecule has 0 aliphatic heterocycles. The number of anilines is 1. The molecule has 0 amide bonds. The second-order valence-electron chi connectivity index (χ2n) is 5.75. The molecule has 3 aromatic carbocycles. The van der Waals surface area contributed by atoms with Crippen molar-refractivity contribution in [3.8, 4) is 11.5 Å². The van der Waals surface area contributed by atoms with Crippen LogP contribution < -0.4 is 14.8 Å². The summed E-state index contributed by atoms with van der Waals surface area (Å²) in [7, 11) is 1.67. The minimum atomic E-state index is 0.532. The summed E-state index contributed by atoms with van der Waals surface area (Å²) < 4.78 is 13.3. The Balaban J connectivity index is 1.67. The Kier molecular flexibility index (Phi) is 6.58. The summed E-state index contributed by atoms with van der Waals surface area (Å²) in [6.45, 7) is 1.20. The van der Waals surface area contributed by atoms with Gasteiger partial charge in [-0.15, -0.1) is 0 Å². The molecule has 3 nitrogen and oxygen atoms in total. The van der Waals surface area contributed by atoms with Crippen LogP contribution in [0.1, 0.15) is 11.1 Å². The third-order valence-corrected chi connectivity index (χ3v) is 4.93. The lowest BCUT2D eigenvalue weighted by atomic mass is 10.2. The molecule has 0 saturated heterocycles. The van der Waals surface area contributed by atoms with E-state index in [1.54, 1.807) is 7.11 Å². The van der Waals surface area contributed by atoms with Gasteiger partial charge in [0.05, 0.1) is 7.11 Å². The number of rotatable bonds is 7. The first-order chi connectivity index (χ1) is 12.6. The van der Waals surface area contributed by atoms with Crippen molar-refractivity contribution in [2.75, 3.05) is 12.4 Å². The van der Waals surface area contributed by atoms with E-state index >= 15 is 0 Å². The molecule has 134 valence electrons. The Morgan fingerprint density at radius 3 is 2.23 bits per heavy atom. The van der Waals surface area contributed by atoms with E-state index < -0.39 is 0 Å². The number of hydrogen-bond acceptors (Lipinski definition) is 3. The van der Waals surface area contributed by atoms with Crippen molar-refractivity contribution in [3.63, 3.8) is 0 Å². The maximum absolute atomic E-state index is 6.05. The number of benzene rings is 3. The van der Waals surface area contributed by atoms with Crippen LogP contribution in [-0.2, 0) is 13.2 Å². The Hall–Kier alpha value is -1.98. The summed E-state index contributed by atoms with van der Waals surface area (Å²) in [5.74, 6) is 1.72. The lowest BCUT2D eigenvalue weighted by Crippen LogP contribution is -2.04. The Morgan fingerprint density at radius 2 is 1.54 bits per heavy atom. The highest BCUT2D eigenvalue weighted by Crippen LogP contribution is 2.26. The second kappa shape index (κ2) is 9.10. The van der Waals surface area contributed by atoms with Gasteiger partial charge in [0.1, 0.15) is 18.1 Å². The van der Waals surface area contributed by atoms with Crippen LogP contribution in [0.3, 0.4) is 0 Å². The van der Waals surface area contributed by atoms with Gasteiger partial charge in [0.25, 0.3) is 0 Å². The maximum Gasteiger partial charge on any atom is 0.124 e. The van der Waals surface area contributed by atoms with E-state index in [2.05, 4.69) is 55.4 Å². The predicted octanol–water partition coefficient (Wildman–Crippen LogP) is 6.41. The fourth-order valence-electron chi connectivity index (χ4n) is 2.47. The summed E-state index contributed by atoms with van der Waals surface area (Å²) in [4.78, 5) is 0. The van der Waals surface area contributed by atoms with Crippen molar-refractivity contribution in [3.05, 3.63) is 86.8 Å². The third kappa shape index (κ3) is 5.26. The van der Waals surface area contributed by atoms with Crippen LogP contribution in [-0.4, -0.2) is 7.11 Å². The van der Waals surface area contributed by atoms with Gasteiger partial charge in [0, 0.05) is 26.7 Å². The molecular weight excluding hydrogens is 458 g/mol. The molecule has 0 aliphatic carbocycles. The van der Waals surface area contributed by atoms with Gasteiger partial charge in [0.2, 0.25) is 0 Å². The first kappa shape index (κ1) is 18.8. The fourth-order valence-corrected chi connectivity index (χ4v) is 3.15. The number of ether oxygens (including phenoxy) is 2. The minimum Gasteiger partial charge on any atom is -0.497 e. The summed E-state index contributed by atoms with van der Waals surface area (Å²) >= 11 is 6.99.